The largest absolute Gasteiger partial charge is 0.342 e. The summed E-state index contributed by atoms with van der Waals surface area (Å²) in [4.78, 5) is 33.6. The zero-order valence-corrected chi connectivity index (χ0v) is 22.5. The molecule has 0 bridgehead atoms. The number of hydrogen-bond acceptors (Lipinski definition) is 4. The standard InChI is InChI=1S/C30H37N3O2S/c1-4-11-27(29(35)33-18-16-25(17-19-33)20-23-12-7-5-8-13-23)36-30-31-22(2)26(28(34)32(30)3)21-24-14-9-6-10-15-24/h5-10,12-15,25,27H,4,11,16-21H2,1-3H3. The monoisotopic (exact) mass is 503 g/mol. The number of rotatable bonds is 9. The Morgan fingerprint density at radius 3 is 2.25 bits per heavy atom. The van der Waals surface area contributed by atoms with Crippen molar-refractivity contribution in [1.29, 1.82) is 0 Å². The zero-order chi connectivity index (χ0) is 25.5. The van der Waals surface area contributed by atoms with Gasteiger partial charge in [0, 0.05) is 37.8 Å². The van der Waals surface area contributed by atoms with Crippen molar-refractivity contribution in [3.63, 3.8) is 0 Å². The molecule has 0 saturated carbocycles. The molecule has 190 valence electrons. The van der Waals surface area contributed by atoms with Crippen molar-refractivity contribution in [2.75, 3.05) is 13.1 Å². The Labute approximate surface area is 219 Å². The van der Waals surface area contributed by atoms with Gasteiger partial charge in [-0.15, -0.1) is 0 Å². The number of hydrogen-bond donors (Lipinski definition) is 0. The summed E-state index contributed by atoms with van der Waals surface area (Å²) in [7, 11) is 1.77. The van der Waals surface area contributed by atoms with Gasteiger partial charge in [0.25, 0.3) is 5.56 Å². The molecular weight excluding hydrogens is 466 g/mol. The Morgan fingerprint density at radius 2 is 1.64 bits per heavy atom. The predicted octanol–water partition coefficient (Wildman–Crippen LogP) is 5.42. The number of thioether (sulfide) groups is 1. The summed E-state index contributed by atoms with van der Waals surface area (Å²) in [6.07, 6.45) is 5.40. The number of amides is 1. The number of likely N-dealkylation sites (tertiary alicyclic amines) is 1. The number of benzene rings is 2. The molecule has 0 spiro atoms. The molecule has 3 aromatic rings. The van der Waals surface area contributed by atoms with Crippen LogP contribution in [0.1, 0.15) is 55.0 Å². The minimum atomic E-state index is -0.224. The number of nitrogens with zero attached hydrogens (tertiary/aromatic N) is 3. The smallest absolute Gasteiger partial charge is 0.257 e. The van der Waals surface area contributed by atoms with Crippen molar-refractivity contribution in [3.05, 3.63) is 93.4 Å². The molecule has 36 heavy (non-hydrogen) atoms. The summed E-state index contributed by atoms with van der Waals surface area (Å²) < 4.78 is 1.62. The molecule has 1 atom stereocenters. The molecule has 0 radical (unpaired) electrons. The quantitative estimate of drug-likeness (QED) is 0.289. The predicted molar refractivity (Wildman–Crippen MR) is 147 cm³/mol. The van der Waals surface area contributed by atoms with E-state index < -0.39 is 0 Å². The van der Waals surface area contributed by atoms with Gasteiger partial charge >= 0.3 is 0 Å². The molecule has 6 heteroatoms. The first-order valence-corrected chi connectivity index (χ1v) is 13.9. The Balaban J connectivity index is 1.43. The van der Waals surface area contributed by atoms with E-state index in [1.807, 2.05) is 42.2 Å². The van der Waals surface area contributed by atoms with E-state index in [1.54, 1.807) is 11.6 Å². The van der Waals surface area contributed by atoms with E-state index in [0.717, 1.165) is 56.5 Å². The minimum absolute atomic E-state index is 0.0294. The van der Waals surface area contributed by atoms with Gasteiger partial charge in [-0.2, -0.15) is 0 Å². The molecule has 0 N–H and O–H groups in total. The van der Waals surface area contributed by atoms with Crippen LogP contribution in [-0.4, -0.2) is 38.7 Å². The van der Waals surface area contributed by atoms with Crippen molar-refractivity contribution in [1.82, 2.24) is 14.5 Å². The molecule has 1 fully saturated rings. The highest BCUT2D eigenvalue weighted by Gasteiger charge is 2.30. The highest BCUT2D eigenvalue weighted by molar-refractivity contribution is 8.00. The van der Waals surface area contributed by atoms with E-state index in [2.05, 4.69) is 37.3 Å². The lowest BCUT2D eigenvalue weighted by atomic mass is 9.90. The fourth-order valence-corrected chi connectivity index (χ4v) is 6.26. The van der Waals surface area contributed by atoms with Crippen molar-refractivity contribution in [2.45, 2.75) is 62.8 Å². The lowest BCUT2D eigenvalue weighted by molar-refractivity contribution is -0.132. The summed E-state index contributed by atoms with van der Waals surface area (Å²) >= 11 is 1.45. The maximum absolute atomic E-state index is 13.5. The molecule has 1 saturated heterocycles. The second-order valence-electron chi connectivity index (χ2n) is 9.84. The molecule has 1 aliphatic rings. The van der Waals surface area contributed by atoms with E-state index in [1.165, 1.54) is 17.3 Å². The van der Waals surface area contributed by atoms with Crippen LogP contribution in [0.5, 0.6) is 0 Å². The number of aryl methyl sites for hydroxylation is 1. The maximum atomic E-state index is 13.5. The van der Waals surface area contributed by atoms with Gasteiger partial charge in [-0.1, -0.05) is 85.8 Å². The maximum Gasteiger partial charge on any atom is 0.257 e. The van der Waals surface area contributed by atoms with Gasteiger partial charge in [-0.05, 0) is 49.7 Å². The van der Waals surface area contributed by atoms with Crippen LogP contribution in [0.4, 0.5) is 0 Å². The van der Waals surface area contributed by atoms with Gasteiger partial charge in [0.15, 0.2) is 5.16 Å². The van der Waals surface area contributed by atoms with Crippen LogP contribution < -0.4 is 5.56 Å². The molecular formula is C30H37N3O2S. The van der Waals surface area contributed by atoms with E-state index >= 15 is 0 Å². The van der Waals surface area contributed by atoms with E-state index in [-0.39, 0.29) is 16.7 Å². The van der Waals surface area contributed by atoms with E-state index in [4.69, 9.17) is 4.98 Å². The van der Waals surface area contributed by atoms with Crippen molar-refractivity contribution in [3.8, 4) is 0 Å². The number of aromatic nitrogens is 2. The number of piperidine rings is 1. The normalized spacial score (nSPS) is 15.1. The van der Waals surface area contributed by atoms with Crippen LogP contribution >= 0.6 is 11.8 Å². The fourth-order valence-electron chi connectivity index (χ4n) is 4.97. The van der Waals surface area contributed by atoms with Gasteiger partial charge in [-0.25, -0.2) is 4.98 Å². The van der Waals surface area contributed by atoms with Crippen LogP contribution in [0.15, 0.2) is 70.6 Å². The summed E-state index contributed by atoms with van der Waals surface area (Å²) in [5.41, 5.74) is 3.90. The Bertz CT molecular complexity index is 1200. The summed E-state index contributed by atoms with van der Waals surface area (Å²) in [6, 6.07) is 20.6. The third-order valence-corrected chi connectivity index (χ3v) is 8.44. The lowest BCUT2D eigenvalue weighted by Crippen LogP contribution is -2.43. The average Bonchev–Trinajstić information content (AvgIpc) is 2.90. The molecule has 2 aromatic carbocycles. The second-order valence-corrected chi connectivity index (χ2v) is 11.0. The topological polar surface area (TPSA) is 55.2 Å². The Kier molecular flexibility index (Phi) is 9.03. The van der Waals surface area contributed by atoms with Gasteiger partial charge in [-0.3, -0.25) is 14.2 Å². The zero-order valence-electron chi connectivity index (χ0n) is 21.7. The summed E-state index contributed by atoms with van der Waals surface area (Å²) in [5.74, 6) is 0.802. The van der Waals surface area contributed by atoms with Crippen molar-refractivity contribution >= 4 is 17.7 Å². The van der Waals surface area contributed by atoms with E-state index in [0.29, 0.717) is 23.1 Å². The van der Waals surface area contributed by atoms with Crippen LogP contribution in [-0.2, 0) is 24.7 Å². The van der Waals surface area contributed by atoms with Gasteiger partial charge in [0.1, 0.15) is 0 Å². The van der Waals surface area contributed by atoms with Crippen molar-refractivity contribution < 1.29 is 4.79 Å². The van der Waals surface area contributed by atoms with Gasteiger partial charge < -0.3 is 4.90 Å². The highest BCUT2D eigenvalue weighted by atomic mass is 32.2. The van der Waals surface area contributed by atoms with E-state index in [9.17, 15) is 9.59 Å². The van der Waals surface area contributed by atoms with Crippen molar-refractivity contribution in [2.24, 2.45) is 13.0 Å². The summed E-state index contributed by atoms with van der Waals surface area (Å²) in [6.45, 7) is 5.61. The summed E-state index contributed by atoms with van der Waals surface area (Å²) in [5, 5.41) is 0.401. The molecule has 5 nitrogen and oxygen atoms in total. The average molecular weight is 504 g/mol. The Morgan fingerprint density at radius 1 is 1.03 bits per heavy atom. The van der Waals surface area contributed by atoms with Crippen LogP contribution in [0.2, 0.25) is 0 Å². The van der Waals surface area contributed by atoms with Gasteiger partial charge in [0.2, 0.25) is 5.91 Å². The molecule has 1 amide bonds. The van der Waals surface area contributed by atoms with Gasteiger partial charge in [0.05, 0.1) is 5.25 Å². The first-order chi connectivity index (χ1) is 17.5. The fraction of sp³-hybridized carbons (Fsp3) is 0.433. The minimum Gasteiger partial charge on any atom is -0.342 e. The van der Waals surface area contributed by atoms with Crippen LogP contribution in [0.25, 0.3) is 0 Å². The lowest BCUT2D eigenvalue weighted by Gasteiger charge is -2.34. The first-order valence-electron chi connectivity index (χ1n) is 13.1. The second kappa shape index (κ2) is 12.4. The number of carbonyl (C=O) groups excluding carboxylic acids is 1. The molecule has 1 unspecified atom stereocenters. The van der Waals surface area contributed by atoms with Crippen LogP contribution in [0, 0.1) is 12.8 Å². The highest BCUT2D eigenvalue weighted by Crippen LogP contribution is 2.29. The van der Waals surface area contributed by atoms with Crippen LogP contribution in [0.3, 0.4) is 0 Å². The molecule has 1 aliphatic heterocycles. The SMILES string of the molecule is CCCC(Sc1nc(C)c(Cc2ccccc2)c(=O)n1C)C(=O)N1CCC(Cc2ccccc2)CC1. The third kappa shape index (κ3) is 6.47. The number of carbonyl (C=O) groups is 1. The Hall–Kier alpha value is -2.86. The third-order valence-electron chi connectivity index (χ3n) is 7.14. The molecule has 2 heterocycles. The molecule has 1 aromatic heterocycles. The first kappa shape index (κ1) is 26.2. The molecule has 4 rings (SSSR count). The molecule has 0 aliphatic carbocycles.